The molecular formula is C18H21NO. The third-order valence-electron chi connectivity index (χ3n) is 3.28. The van der Waals surface area contributed by atoms with Gasteiger partial charge in [-0.15, -0.1) is 0 Å². The van der Waals surface area contributed by atoms with Gasteiger partial charge in [-0.05, 0) is 28.7 Å². The maximum Gasteiger partial charge on any atom is 0.251 e. The van der Waals surface area contributed by atoms with Gasteiger partial charge in [0.1, 0.15) is 0 Å². The fourth-order valence-corrected chi connectivity index (χ4v) is 2.02. The highest BCUT2D eigenvalue weighted by Crippen LogP contribution is 2.22. The molecule has 0 aromatic heterocycles. The number of hydrogen-bond acceptors (Lipinski definition) is 1. The third kappa shape index (κ3) is 3.70. The molecular weight excluding hydrogens is 246 g/mol. The van der Waals surface area contributed by atoms with Crippen LogP contribution in [0.3, 0.4) is 0 Å². The predicted molar refractivity (Wildman–Crippen MR) is 82.8 cm³/mol. The summed E-state index contributed by atoms with van der Waals surface area (Å²) < 4.78 is 0. The van der Waals surface area contributed by atoms with Crippen molar-refractivity contribution >= 4 is 5.91 Å². The van der Waals surface area contributed by atoms with Crippen LogP contribution in [-0.2, 0) is 12.0 Å². The molecule has 0 spiro atoms. The largest absolute Gasteiger partial charge is 0.348 e. The Balaban J connectivity index is 2.03. The zero-order valence-electron chi connectivity index (χ0n) is 12.3. The van der Waals surface area contributed by atoms with Gasteiger partial charge >= 0.3 is 0 Å². The number of nitrogens with one attached hydrogen (secondary N) is 1. The SMILES string of the molecule is CC(C)(C)c1cccc(CNC(=O)c2ccccc2)c1. The Morgan fingerprint density at radius 2 is 1.70 bits per heavy atom. The van der Waals surface area contributed by atoms with E-state index in [1.165, 1.54) is 5.56 Å². The van der Waals surface area contributed by atoms with Gasteiger partial charge in [0.2, 0.25) is 0 Å². The van der Waals surface area contributed by atoms with Crippen molar-refractivity contribution in [2.24, 2.45) is 0 Å². The average molecular weight is 267 g/mol. The summed E-state index contributed by atoms with van der Waals surface area (Å²) in [5, 5.41) is 2.95. The minimum atomic E-state index is -0.0354. The summed E-state index contributed by atoms with van der Waals surface area (Å²) in [5.74, 6) is -0.0354. The van der Waals surface area contributed by atoms with Crippen LogP contribution >= 0.6 is 0 Å². The Morgan fingerprint density at radius 3 is 2.35 bits per heavy atom. The molecule has 2 aromatic carbocycles. The first-order chi connectivity index (χ1) is 9.47. The molecule has 2 heteroatoms. The molecule has 0 aliphatic carbocycles. The lowest BCUT2D eigenvalue weighted by Gasteiger charge is -2.19. The lowest BCUT2D eigenvalue weighted by Crippen LogP contribution is -2.23. The van der Waals surface area contributed by atoms with E-state index in [4.69, 9.17) is 0 Å². The lowest BCUT2D eigenvalue weighted by molar-refractivity contribution is 0.0951. The molecule has 0 atom stereocenters. The molecule has 2 rings (SSSR count). The summed E-state index contributed by atoms with van der Waals surface area (Å²) in [5.41, 5.74) is 3.23. The molecule has 0 saturated heterocycles. The standard InChI is InChI=1S/C18H21NO/c1-18(2,3)16-11-7-8-14(12-16)13-19-17(20)15-9-5-4-6-10-15/h4-12H,13H2,1-3H3,(H,19,20). The van der Waals surface area contributed by atoms with Crippen LogP contribution in [0, 0.1) is 0 Å². The molecule has 0 bridgehead atoms. The highest BCUT2D eigenvalue weighted by molar-refractivity contribution is 5.94. The van der Waals surface area contributed by atoms with Gasteiger partial charge in [-0.2, -0.15) is 0 Å². The minimum absolute atomic E-state index is 0.0354. The van der Waals surface area contributed by atoms with Crippen LogP contribution in [0.2, 0.25) is 0 Å². The van der Waals surface area contributed by atoms with E-state index in [-0.39, 0.29) is 11.3 Å². The maximum absolute atomic E-state index is 12.0. The normalized spacial score (nSPS) is 11.2. The van der Waals surface area contributed by atoms with E-state index in [1.807, 2.05) is 42.5 Å². The first-order valence-corrected chi connectivity index (χ1v) is 6.89. The van der Waals surface area contributed by atoms with Crippen molar-refractivity contribution < 1.29 is 4.79 Å². The van der Waals surface area contributed by atoms with E-state index < -0.39 is 0 Å². The first kappa shape index (κ1) is 14.3. The molecule has 0 aliphatic heterocycles. The summed E-state index contributed by atoms with van der Waals surface area (Å²) >= 11 is 0. The van der Waals surface area contributed by atoms with Crippen LogP contribution < -0.4 is 5.32 Å². The highest BCUT2D eigenvalue weighted by Gasteiger charge is 2.13. The van der Waals surface area contributed by atoms with Crippen molar-refractivity contribution in [1.82, 2.24) is 5.32 Å². The third-order valence-corrected chi connectivity index (χ3v) is 3.28. The van der Waals surface area contributed by atoms with E-state index in [0.29, 0.717) is 12.1 Å². The maximum atomic E-state index is 12.0. The van der Waals surface area contributed by atoms with Crippen molar-refractivity contribution in [3.63, 3.8) is 0 Å². The molecule has 0 heterocycles. The number of amides is 1. The summed E-state index contributed by atoms with van der Waals surface area (Å²) in [6.07, 6.45) is 0. The Bertz CT molecular complexity index is 582. The molecule has 104 valence electrons. The van der Waals surface area contributed by atoms with Crippen LogP contribution in [0.15, 0.2) is 54.6 Å². The Kier molecular flexibility index (Phi) is 4.23. The van der Waals surface area contributed by atoms with Gasteiger partial charge in [0.05, 0.1) is 0 Å². The number of rotatable bonds is 3. The van der Waals surface area contributed by atoms with Crippen LogP contribution in [0.1, 0.15) is 42.3 Å². The van der Waals surface area contributed by atoms with Gasteiger partial charge in [0.25, 0.3) is 5.91 Å². The van der Waals surface area contributed by atoms with Crippen LogP contribution in [0.4, 0.5) is 0 Å². The molecule has 1 amide bonds. The number of hydrogen-bond donors (Lipinski definition) is 1. The molecule has 0 saturated carbocycles. The van der Waals surface area contributed by atoms with E-state index in [2.05, 4.69) is 38.2 Å². The van der Waals surface area contributed by atoms with E-state index in [9.17, 15) is 4.79 Å². The molecule has 2 aromatic rings. The predicted octanol–water partition coefficient (Wildman–Crippen LogP) is 3.91. The first-order valence-electron chi connectivity index (χ1n) is 6.89. The highest BCUT2D eigenvalue weighted by atomic mass is 16.1. The minimum Gasteiger partial charge on any atom is -0.348 e. The monoisotopic (exact) mass is 267 g/mol. The van der Waals surface area contributed by atoms with Crippen molar-refractivity contribution in [2.75, 3.05) is 0 Å². The molecule has 0 unspecified atom stereocenters. The summed E-state index contributed by atoms with van der Waals surface area (Å²) in [7, 11) is 0. The fourth-order valence-electron chi connectivity index (χ4n) is 2.02. The molecule has 20 heavy (non-hydrogen) atoms. The summed E-state index contributed by atoms with van der Waals surface area (Å²) in [6, 6.07) is 17.7. The smallest absolute Gasteiger partial charge is 0.251 e. The van der Waals surface area contributed by atoms with Crippen LogP contribution in [-0.4, -0.2) is 5.91 Å². The molecule has 2 nitrogen and oxygen atoms in total. The fraction of sp³-hybridized carbons (Fsp3) is 0.278. The summed E-state index contributed by atoms with van der Waals surface area (Å²) in [6.45, 7) is 7.12. The van der Waals surface area contributed by atoms with Crippen molar-refractivity contribution in [3.05, 3.63) is 71.3 Å². The molecule has 1 N–H and O–H groups in total. The van der Waals surface area contributed by atoms with Crippen molar-refractivity contribution in [2.45, 2.75) is 32.7 Å². The molecule has 0 fully saturated rings. The van der Waals surface area contributed by atoms with Gasteiger partial charge in [-0.3, -0.25) is 4.79 Å². The zero-order chi connectivity index (χ0) is 14.6. The van der Waals surface area contributed by atoms with Gasteiger partial charge in [0, 0.05) is 12.1 Å². The average Bonchev–Trinajstić information content (AvgIpc) is 2.45. The Labute approximate surface area is 120 Å². The second-order valence-corrected chi connectivity index (χ2v) is 6.00. The second-order valence-electron chi connectivity index (χ2n) is 6.00. The number of carbonyl (C=O) groups is 1. The van der Waals surface area contributed by atoms with Crippen LogP contribution in [0.25, 0.3) is 0 Å². The van der Waals surface area contributed by atoms with Crippen molar-refractivity contribution in [1.29, 1.82) is 0 Å². The second kappa shape index (κ2) is 5.91. The Morgan fingerprint density at radius 1 is 1.00 bits per heavy atom. The molecule has 0 radical (unpaired) electrons. The lowest BCUT2D eigenvalue weighted by atomic mass is 9.86. The number of carbonyl (C=O) groups excluding carboxylic acids is 1. The van der Waals surface area contributed by atoms with Gasteiger partial charge in [-0.1, -0.05) is 63.2 Å². The van der Waals surface area contributed by atoms with Gasteiger partial charge in [0.15, 0.2) is 0 Å². The zero-order valence-corrected chi connectivity index (χ0v) is 12.3. The Hall–Kier alpha value is -2.09. The quantitative estimate of drug-likeness (QED) is 0.897. The topological polar surface area (TPSA) is 29.1 Å². The van der Waals surface area contributed by atoms with Crippen molar-refractivity contribution in [3.8, 4) is 0 Å². The van der Waals surface area contributed by atoms with E-state index >= 15 is 0 Å². The summed E-state index contributed by atoms with van der Waals surface area (Å²) in [4.78, 5) is 12.0. The van der Waals surface area contributed by atoms with Gasteiger partial charge in [-0.25, -0.2) is 0 Å². The van der Waals surface area contributed by atoms with Gasteiger partial charge < -0.3 is 5.32 Å². The molecule has 0 aliphatic rings. The number of benzene rings is 2. The van der Waals surface area contributed by atoms with E-state index in [0.717, 1.165) is 5.56 Å². The van der Waals surface area contributed by atoms with E-state index in [1.54, 1.807) is 0 Å². The van der Waals surface area contributed by atoms with Crippen LogP contribution in [0.5, 0.6) is 0 Å².